The van der Waals surface area contributed by atoms with E-state index in [0.717, 1.165) is 12.3 Å². The fourth-order valence-corrected chi connectivity index (χ4v) is 1.37. The van der Waals surface area contributed by atoms with Gasteiger partial charge in [-0.2, -0.15) is 0 Å². The third-order valence-electron chi connectivity index (χ3n) is 1.26. The van der Waals surface area contributed by atoms with Gasteiger partial charge in [-0.15, -0.1) is 0 Å². The lowest BCUT2D eigenvalue weighted by atomic mass is 10.5. The predicted octanol–water partition coefficient (Wildman–Crippen LogP) is 1.16. The Hall–Kier alpha value is -0.880. The lowest BCUT2D eigenvalue weighted by Gasteiger charge is -2.00. The Morgan fingerprint density at radius 1 is 1.62 bits per heavy atom. The lowest BCUT2D eigenvalue weighted by molar-refractivity contribution is 0.367. The number of hydrogen-bond donors (Lipinski definition) is 0. The number of methoxy groups -OCH3 is 1. The van der Waals surface area contributed by atoms with E-state index in [-0.39, 0.29) is 5.88 Å². The molecule has 1 aromatic heterocycles. The van der Waals surface area contributed by atoms with Crippen molar-refractivity contribution in [3.63, 3.8) is 0 Å². The van der Waals surface area contributed by atoms with Crippen molar-refractivity contribution in [2.45, 2.75) is 4.90 Å². The Balaban J connectivity index is 3.26. The second-order valence-electron chi connectivity index (χ2n) is 2.10. The summed E-state index contributed by atoms with van der Waals surface area (Å²) in [6, 6.07) is 0.744. The van der Waals surface area contributed by atoms with Crippen LogP contribution in [0.4, 0.5) is 4.39 Å². The van der Waals surface area contributed by atoms with Crippen LogP contribution >= 0.6 is 10.7 Å². The Kier molecular flexibility index (Phi) is 2.72. The van der Waals surface area contributed by atoms with Gasteiger partial charge in [0, 0.05) is 16.7 Å². The highest BCUT2D eigenvalue weighted by Crippen LogP contribution is 2.19. The van der Waals surface area contributed by atoms with Crippen LogP contribution in [0.2, 0.25) is 0 Å². The smallest absolute Gasteiger partial charge is 0.262 e. The van der Waals surface area contributed by atoms with E-state index in [2.05, 4.69) is 9.72 Å². The van der Waals surface area contributed by atoms with Crippen LogP contribution < -0.4 is 4.74 Å². The van der Waals surface area contributed by atoms with Crippen LogP contribution in [0.15, 0.2) is 17.2 Å². The molecule has 0 unspecified atom stereocenters. The van der Waals surface area contributed by atoms with Gasteiger partial charge in [0.1, 0.15) is 4.90 Å². The van der Waals surface area contributed by atoms with Crippen molar-refractivity contribution < 1.29 is 17.5 Å². The summed E-state index contributed by atoms with van der Waals surface area (Å²) < 4.78 is 38.8. The summed E-state index contributed by atoms with van der Waals surface area (Å²) in [5.41, 5.74) is 0. The first-order chi connectivity index (χ1) is 5.95. The molecule has 0 aliphatic carbocycles. The third-order valence-corrected chi connectivity index (χ3v) is 2.58. The van der Waals surface area contributed by atoms with Crippen LogP contribution in [0, 0.1) is 5.82 Å². The molecule has 0 spiro atoms. The van der Waals surface area contributed by atoms with Crippen LogP contribution in [-0.4, -0.2) is 20.5 Å². The Morgan fingerprint density at radius 3 is 2.62 bits per heavy atom. The average Bonchev–Trinajstić information content (AvgIpc) is 2.02. The first kappa shape index (κ1) is 10.2. The molecule has 0 fully saturated rings. The van der Waals surface area contributed by atoms with Crippen molar-refractivity contribution in [1.29, 1.82) is 0 Å². The molecule has 0 aliphatic rings. The molecule has 1 aromatic rings. The molecule has 0 aromatic carbocycles. The van der Waals surface area contributed by atoms with E-state index in [1.807, 2.05) is 0 Å². The first-order valence-corrected chi connectivity index (χ1v) is 5.40. The number of halogens is 2. The predicted molar refractivity (Wildman–Crippen MR) is 43.8 cm³/mol. The van der Waals surface area contributed by atoms with Crippen molar-refractivity contribution in [3.05, 3.63) is 18.1 Å². The zero-order valence-corrected chi connectivity index (χ0v) is 8.06. The molecule has 13 heavy (non-hydrogen) atoms. The third kappa shape index (κ3) is 2.28. The van der Waals surface area contributed by atoms with Gasteiger partial charge >= 0.3 is 0 Å². The minimum Gasteiger partial charge on any atom is -0.479 e. The fraction of sp³-hybridized carbons (Fsp3) is 0.167. The number of hydrogen-bond acceptors (Lipinski definition) is 4. The SMILES string of the molecule is COc1ncc(S(=O)(=O)Cl)cc1F. The molecule has 1 heterocycles. The van der Waals surface area contributed by atoms with Crippen LogP contribution in [0.25, 0.3) is 0 Å². The molecule has 0 saturated heterocycles. The molecular weight excluding hydrogens is 221 g/mol. The minimum absolute atomic E-state index is 0.274. The highest BCUT2D eigenvalue weighted by atomic mass is 35.7. The highest BCUT2D eigenvalue weighted by molar-refractivity contribution is 8.13. The van der Waals surface area contributed by atoms with Gasteiger partial charge in [-0.1, -0.05) is 0 Å². The molecule has 0 aliphatic heterocycles. The zero-order chi connectivity index (χ0) is 10.1. The van der Waals surface area contributed by atoms with E-state index in [1.54, 1.807) is 0 Å². The topological polar surface area (TPSA) is 56.3 Å². The van der Waals surface area contributed by atoms with Crippen LogP contribution in [0.1, 0.15) is 0 Å². The molecule has 4 nitrogen and oxygen atoms in total. The van der Waals surface area contributed by atoms with E-state index in [1.165, 1.54) is 7.11 Å². The lowest BCUT2D eigenvalue weighted by Crippen LogP contribution is -1.97. The number of ether oxygens (including phenoxy) is 1. The summed E-state index contributed by atoms with van der Waals surface area (Å²) in [7, 11) is 2.24. The van der Waals surface area contributed by atoms with Crippen LogP contribution in [0.5, 0.6) is 5.88 Å². The summed E-state index contributed by atoms with van der Waals surface area (Å²) in [6.07, 6.45) is 0.921. The van der Waals surface area contributed by atoms with Crippen molar-refractivity contribution in [3.8, 4) is 5.88 Å². The highest BCUT2D eigenvalue weighted by Gasteiger charge is 2.14. The second kappa shape index (κ2) is 3.47. The van der Waals surface area contributed by atoms with Gasteiger partial charge in [-0.3, -0.25) is 0 Å². The van der Waals surface area contributed by atoms with Crippen LogP contribution in [0.3, 0.4) is 0 Å². The van der Waals surface area contributed by atoms with Gasteiger partial charge in [0.15, 0.2) is 5.82 Å². The Labute approximate surface area is 78.7 Å². The van der Waals surface area contributed by atoms with E-state index >= 15 is 0 Å². The van der Waals surface area contributed by atoms with Crippen molar-refractivity contribution in [2.75, 3.05) is 7.11 Å². The molecule has 0 radical (unpaired) electrons. The van der Waals surface area contributed by atoms with Crippen LogP contribution in [-0.2, 0) is 9.05 Å². The second-order valence-corrected chi connectivity index (χ2v) is 4.67. The molecule has 0 amide bonds. The monoisotopic (exact) mass is 225 g/mol. The summed E-state index contributed by atoms with van der Waals surface area (Å²) in [6.45, 7) is 0. The molecule has 1 rings (SSSR count). The zero-order valence-electron chi connectivity index (χ0n) is 6.49. The molecule has 0 saturated carbocycles. The standard InChI is InChI=1S/C6H5ClFNO3S/c1-12-6-5(8)2-4(3-9-6)13(7,10)11/h2-3H,1H3. The van der Waals surface area contributed by atoms with Gasteiger partial charge in [0.05, 0.1) is 13.3 Å². The molecule has 7 heteroatoms. The molecular formula is C6H5ClFNO3S. The molecule has 0 bridgehead atoms. The molecule has 0 N–H and O–H groups in total. The summed E-state index contributed by atoms with van der Waals surface area (Å²) >= 11 is 0. The largest absolute Gasteiger partial charge is 0.479 e. The van der Waals surface area contributed by atoms with E-state index in [4.69, 9.17) is 10.7 Å². The summed E-state index contributed by atoms with van der Waals surface area (Å²) in [4.78, 5) is 3.01. The van der Waals surface area contributed by atoms with E-state index < -0.39 is 19.8 Å². The number of aromatic nitrogens is 1. The molecule has 72 valence electrons. The van der Waals surface area contributed by atoms with Gasteiger partial charge in [-0.25, -0.2) is 17.8 Å². The first-order valence-electron chi connectivity index (χ1n) is 3.09. The van der Waals surface area contributed by atoms with Crippen molar-refractivity contribution >= 4 is 19.7 Å². The summed E-state index contributed by atoms with van der Waals surface area (Å²) in [5.74, 6) is -1.15. The average molecular weight is 226 g/mol. The maximum Gasteiger partial charge on any atom is 0.262 e. The van der Waals surface area contributed by atoms with Crippen molar-refractivity contribution in [2.24, 2.45) is 0 Å². The van der Waals surface area contributed by atoms with Gasteiger partial charge in [0.25, 0.3) is 9.05 Å². The summed E-state index contributed by atoms with van der Waals surface area (Å²) in [5, 5.41) is 0. The number of nitrogens with zero attached hydrogens (tertiary/aromatic N) is 1. The van der Waals surface area contributed by atoms with E-state index in [9.17, 15) is 12.8 Å². The van der Waals surface area contributed by atoms with Gasteiger partial charge < -0.3 is 4.74 Å². The fourth-order valence-electron chi connectivity index (χ4n) is 0.691. The van der Waals surface area contributed by atoms with Crippen molar-refractivity contribution in [1.82, 2.24) is 4.98 Å². The number of pyridine rings is 1. The quantitative estimate of drug-likeness (QED) is 0.709. The molecule has 0 atom stereocenters. The van der Waals surface area contributed by atoms with E-state index in [0.29, 0.717) is 0 Å². The Morgan fingerprint density at radius 2 is 2.23 bits per heavy atom. The maximum absolute atomic E-state index is 12.9. The van der Waals surface area contributed by atoms with Gasteiger partial charge in [-0.05, 0) is 0 Å². The maximum atomic E-state index is 12.9. The number of rotatable bonds is 2. The normalized spacial score (nSPS) is 11.3. The Bertz CT molecular complexity index is 420. The minimum atomic E-state index is -3.94. The van der Waals surface area contributed by atoms with Gasteiger partial charge in [0.2, 0.25) is 5.88 Å².